The van der Waals surface area contributed by atoms with Gasteiger partial charge in [0.15, 0.2) is 6.04 Å². The number of carbonyl (C=O) groups is 3. The van der Waals surface area contributed by atoms with Gasteiger partial charge in [-0.3, -0.25) is 18.6 Å². The van der Waals surface area contributed by atoms with Gasteiger partial charge in [-0.25, -0.2) is 9.36 Å². The summed E-state index contributed by atoms with van der Waals surface area (Å²) in [6.45, 7) is 2.41. The van der Waals surface area contributed by atoms with Crippen LogP contribution in [-0.2, 0) is 32.7 Å². The van der Waals surface area contributed by atoms with Crippen LogP contribution in [0, 0.1) is 0 Å². The molecule has 0 fully saturated rings. The van der Waals surface area contributed by atoms with E-state index in [-0.39, 0.29) is 12.8 Å². The van der Waals surface area contributed by atoms with E-state index in [1.54, 1.807) is 0 Å². The van der Waals surface area contributed by atoms with E-state index in [4.69, 9.17) is 13.8 Å². The summed E-state index contributed by atoms with van der Waals surface area (Å²) >= 11 is 0. The maximum absolute atomic E-state index is 12.2. The number of amides is 1. The number of ether oxygens (including phenoxy) is 1. The van der Waals surface area contributed by atoms with Gasteiger partial charge in [-0.15, -0.1) is 0 Å². The van der Waals surface area contributed by atoms with Gasteiger partial charge in [0.2, 0.25) is 5.91 Å². The number of hydrogen-bond donors (Lipinski definition) is 4. The first-order valence-electron chi connectivity index (χ1n) is 20.8. The predicted octanol–water partition coefficient (Wildman–Crippen LogP) is 10.4. The van der Waals surface area contributed by atoms with Crippen LogP contribution < -0.4 is 5.32 Å². The second-order valence-electron chi connectivity index (χ2n) is 13.8. The van der Waals surface area contributed by atoms with Crippen molar-refractivity contribution in [3.05, 3.63) is 60.8 Å². The Labute approximate surface area is 332 Å². The lowest BCUT2D eigenvalue weighted by Gasteiger charge is -2.18. The molecule has 0 bridgehead atoms. The lowest BCUT2D eigenvalue weighted by Crippen LogP contribution is -2.43. The Morgan fingerprint density at radius 3 is 1.60 bits per heavy atom. The molecule has 316 valence electrons. The smallest absolute Gasteiger partial charge is 0.472 e. The van der Waals surface area contributed by atoms with Gasteiger partial charge < -0.3 is 25.2 Å². The Kier molecular flexibility index (Phi) is 36.1. The Hall–Kier alpha value is -2.82. The van der Waals surface area contributed by atoms with Crippen LogP contribution in [0.2, 0.25) is 0 Å². The molecule has 3 atom stereocenters. The van der Waals surface area contributed by atoms with E-state index < -0.39 is 57.6 Å². The summed E-state index contributed by atoms with van der Waals surface area (Å²) in [5.74, 6) is -2.43. The number of carboxylic acids is 1. The summed E-state index contributed by atoms with van der Waals surface area (Å²) < 4.78 is 26.8. The lowest BCUT2D eigenvalue weighted by molar-refractivity contribution is -0.147. The van der Waals surface area contributed by atoms with Gasteiger partial charge in [-0.1, -0.05) is 132 Å². The number of aliphatic hydroxyl groups is 1. The molecule has 0 aliphatic heterocycles. The third-order valence-electron chi connectivity index (χ3n) is 8.54. The van der Waals surface area contributed by atoms with E-state index in [0.717, 1.165) is 70.6 Å². The summed E-state index contributed by atoms with van der Waals surface area (Å²) in [6, 6.07) is -1.56. The molecular formula is C43H74NO10P. The van der Waals surface area contributed by atoms with Crippen molar-refractivity contribution in [2.45, 2.75) is 174 Å². The zero-order chi connectivity index (χ0) is 40.7. The van der Waals surface area contributed by atoms with Crippen molar-refractivity contribution in [1.29, 1.82) is 0 Å². The Balaban J connectivity index is 3.96. The van der Waals surface area contributed by atoms with E-state index in [1.165, 1.54) is 51.4 Å². The summed E-state index contributed by atoms with van der Waals surface area (Å²) in [5, 5.41) is 21.8. The number of hydrogen-bond acceptors (Lipinski definition) is 8. The summed E-state index contributed by atoms with van der Waals surface area (Å²) in [5.41, 5.74) is 0. The SMILES string of the molecule is CC/C=C\C/C=C\C/C=C\CCCCCC(=O)NC(COP(=O)(O)OCC(O)COC(=O)CCCCCCCCC/C=C\C/C=C\CCCCCC)C(=O)O. The van der Waals surface area contributed by atoms with Crippen LogP contribution in [0.15, 0.2) is 60.8 Å². The van der Waals surface area contributed by atoms with E-state index >= 15 is 0 Å². The molecule has 0 heterocycles. The molecule has 0 aromatic heterocycles. The van der Waals surface area contributed by atoms with Crippen molar-refractivity contribution in [3.8, 4) is 0 Å². The molecule has 11 nitrogen and oxygen atoms in total. The second-order valence-corrected chi connectivity index (χ2v) is 15.2. The number of aliphatic hydroxyl groups excluding tert-OH is 1. The van der Waals surface area contributed by atoms with Crippen molar-refractivity contribution in [2.24, 2.45) is 0 Å². The minimum absolute atomic E-state index is 0.107. The van der Waals surface area contributed by atoms with Gasteiger partial charge in [0, 0.05) is 12.8 Å². The molecule has 4 N–H and O–H groups in total. The highest BCUT2D eigenvalue weighted by atomic mass is 31.2. The quantitative estimate of drug-likeness (QED) is 0.0204. The van der Waals surface area contributed by atoms with Crippen molar-refractivity contribution in [2.75, 3.05) is 19.8 Å². The van der Waals surface area contributed by atoms with Gasteiger partial charge >= 0.3 is 19.8 Å². The minimum atomic E-state index is -4.77. The monoisotopic (exact) mass is 796 g/mol. The van der Waals surface area contributed by atoms with Gasteiger partial charge in [0.1, 0.15) is 12.7 Å². The van der Waals surface area contributed by atoms with Crippen LogP contribution in [0.5, 0.6) is 0 Å². The van der Waals surface area contributed by atoms with Crippen molar-refractivity contribution in [1.82, 2.24) is 5.32 Å². The number of esters is 1. The maximum atomic E-state index is 12.2. The van der Waals surface area contributed by atoms with E-state index in [2.05, 4.69) is 79.9 Å². The number of aliphatic carboxylic acids is 1. The molecule has 1 amide bonds. The summed E-state index contributed by atoms with van der Waals surface area (Å²) in [7, 11) is -4.77. The number of carboxylic acid groups (broad SMARTS) is 1. The molecule has 0 saturated carbocycles. The molecule has 0 spiro atoms. The number of rotatable bonds is 38. The third-order valence-corrected chi connectivity index (χ3v) is 9.49. The summed E-state index contributed by atoms with van der Waals surface area (Å²) in [4.78, 5) is 45.8. The fourth-order valence-electron chi connectivity index (χ4n) is 5.30. The molecule has 55 heavy (non-hydrogen) atoms. The van der Waals surface area contributed by atoms with Crippen LogP contribution in [0.4, 0.5) is 0 Å². The van der Waals surface area contributed by atoms with E-state index in [1.807, 2.05) is 0 Å². The molecule has 3 unspecified atom stereocenters. The summed E-state index contributed by atoms with van der Waals surface area (Å²) in [6.07, 6.45) is 42.5. The Bertz CT molecular complexity index is 1170. The van der Waals surface area contributed by atoms with Crippen molar-refractivity contribution in [3.63, 3.8) is 0 Å². The van der Waals surface area contributed by atoms with Crippen LogP contribution in [0.25, 0.3) is 0 Å². The molecule has 12 heteroatoms. The highest BCUT2D eigenvalue weighted by Gasteiger charge is 2.28. The van der Waals surface area contributed by atoms with Gasteiger partial charge in [-0.2, -0.15) is 0 Å². The zero-order valence-electron chi connectivity index (χ0n) is 34.0. The van der Waals surface area contributed by atoms with Crippen molar-refractivity contribution < 1.29 is 47.8 Å². The molecule has 0 aromatic carbocycles. The highest BCUT2D eigenvalue weighted by molar-refractivity contribution is 7.47. The first-order chi connectivity index (χ1) is 26.6. The molecule has 0 radical (unpaired) electrons. The van der Waals surface area contributed by atoms with Gasteiger partial charge in [0.25, 0.3) is 0 Å². The molecule has 0 rings (SSSR count). The minimum Gasteiger partial charge on any atom is -0.480 e. The van der Waals surface area contributed by atoms with Gasteiger partial charge in [-0.05, 0) is 77.0 Å². The molecular weight excluding hydrogens is 721 g/mol. The standard InChI is InChI=1S/C43H74NO10P/c1-3-5-7-9-11-13-15-17-18-19-20-21-23-25-27-29-31-33-35-42(47)52-36-39(45)37-53-55(50,51)54-38-40(43(48)49)44-41(46)34-32-30-28-26-24-22-16-14-12-10-8-6-4-2/h6,8,12-15,18-19,22,24,39-40,45H,3-5,7,9-11,16-17,20-21,23,25-38H2,1-2H3,(H,44,46)(H,48,49)(H,50,51)/b8-6-,14-12-,15-13-,19-18-,24-22-. The van der Waals surface area contributed by atoms with E-state index in [0.29, 0.717) is 12.8 Å². The fraction of sp³-hybridized carbons (Fsp3) is 0.698. The van der Waals surface area contributed by atoms with Crippen LogP contribution in [-0.4, -0.2) is 64.9 Å². The number of nitrogens with one attached hydrogen (secondary N) is 1. The van der Waals surface area contributed by atoms with Crippen molar-refractivity contribution >= 4 is 25.7 Å². The first-order valence-corrected chi connectivity index (χ1v) is 22.3. The first kappa shape index (κ1) is 52.2. The number of phosphoric acid groups is 1. The lowest BCUT2D eigenvalue weighted by atomic mass is 10.1. The number of unbranched alkanes of at least 4 members (excludes halogenated alkanes) is 14. The molecule has 0 aromatic rings. The third kappa shape index (κ3) is 37.9. The van der Waals surface area contributed by atoms with Gasteiger partial charge in [0.05, 0.1) is 13.2 Å². The average molecular weight is 796 g/mol. The topological polar surface area (TPSA) is 169 Å². The maximum Gasteiger partial charge on any atom is 0.472 e. The molecule has 0 aliphatic carbocycles. The highest BCUT2D eigenvalue weighted by Crippen LogP contribution is 2.43. The fourth-order valence-corrected chi connectivity index (χ4v) is 6.07. The second kappa shape index (κ2) is 38.1. The van der Waals surface area contributed by atoms with Crippen LogP contribution in [0.1, 0.15) is 162 Å². The number of allylic oxidation sites excluding steroid dienone is 10. The average Bonchev–Trinajstić information content (AvgIpc) is 3.16. The Morgan fingerprint density at radius 2 is 1.05 bits per heavy atom. The van der Waals surface area contributed by atoms with Crippen LogP contribution >= 0.6 is 7.82 Å². The predicted molar refractivity (Wildman–Crippen MR) is 222 cm³/mol. The normalized spacial score (nSPS) is 14.4. The largest absolute Gasteiger partial charge is 0.480 e. The number of phosphoric ester groups is 1. The number of carbonyl (C=O) groups excluding carboxylic acids is 2. The Morgan fingerprint density at radius 1 is 0.600 bits per heavy atom. The molecule has 0 aliphatic rings. The molecule has 0 saturated heterocycles. The van der Waals surface area contributed by atoms with Crippen LogP contribution in [0.3, 0.4) is 0 Å². The van der Waals surface area contributed by atoms with E-state index in [9.17, 15) is 34.1 Å². The zero-order valence-corrected chi connectivity index (χ0v) is 34.9.